The molecule has 0 spiro atoms. The Hall–Kier alpha value is -0.910. The summed E-state index contributed by atoms with van der Waals surface area (Å²) in [6.45, 7) is 6.90. The van der Waals surface area contributed by atoms with Crippen molar-refractivity contribution in [1.29, 1.82) is 0 Å². The molecule has 5 heteroatoms. The van der Waals surface area contributed by atoms with E-state index in [9.17, 15) is 8.42 Å². The van der Waals surface area contributed by atoms with Crippen LogP contribution in [0, 0.1) is 6.92 Å². The van der Waals surface area contributed by atoms with E-state index in [1.807, 2.05) is 19.1 Å². The zero-order chi connectivity index (χ0) is 13.5. The Morgan fingerprint density at radius 3 is 2.79 bits per heavy atom. The second-order valence-corrected chi connectivity index (χ2v) is 7.52. The highest BCUT2D eigenvalue weighted by molar-refractivity contribution is 7.91. The fraction of sp³-hybridized carbons (Fsp3) is 0.571. The molecule has 1 saturated heterocycles. The van der Waals surface area contributed by atoms with E-state index in [0.717, 1.165) is 43.9 Å². The van der Waals surface area contributed by atoms with E-state index in [-0.39, 0.29) is 11.7 Å². The molecule has 0 amide bonds. The number of fused-ring (bicyclic) bond motifs is 1. The van der Waals surface area contributed by atoms with E-state index < -0.39 is 9.84 Å². The van der Waals surface area contributed by atoms with Gasteiger partial charge in [-0.1, -0.05) is 12.1 Å². The van der Waals surface area contributed by atoms with Crippen LogP contribution in [0.3, 0.4) is 0 Å². The number of rotatable bonds is 2. The van der Waals surface area contributed by atoms with E-state index in [4.69, 9.17) is 0 Å². The zero-order valence-corrected chi connectivity index (χ0v) is 12.0. The van der Waals surface area contributed by atoms with E-state index in [2.05, 4.69) is 10.2 Å². The van der Waals surface area contributed by atoms with Crippen molar-refractivity contribution in [3.8, 4) is 0 Å². The quantitative estimate of drug-likeness (QED) is 0.869. The lowest BCUT2D eigenvalue weighted by Crippen LogP contribution is -2.45. The third-order valence-electron chi connectivity index (χ3n) is 4.14. The fourth-order valence-corrected chi connectivity index (χ4v) is 5.17. The fourth-order valence-electron chi connectivity index (χ4n) is 3.24. The van der Waals surface area contributed by atoms with Gasteiger partial charge in [-0.25, -0.2) is 8.42 Å². The third kappa shape index (κ3) is 2.42. The van der Waals surface area contributed by atoms with Crippen LogP contribution in [0.15, 0.2) is 23.1 Å². The van der Waals surface area contributed by atoms with Gasteiger partial charge < -0.3 is 10.2 Å². The minimum Gasteiger partial charge on any atom is -0.314 e. The van der Waals surface area contributed by atoms with Crippen molar-refractivity contribution in [2.75, 3.05) is 38.5 Å². The van der Waals surface area contributed by atoms with Crippen LogP contribution in [0.2, 0.25) is 0 Å². The first-order chi connectivity index (χ1) is 9.08. The summed E-state index contributed by atoms with van der Waals surface area (Å²) in [5.41, 5.74) is 2.17. The van der Waals surface area contributed by atoms with Gasteiger partial charge in [0.2, 0.25) is 0 Å². The summed E-state index contributed by atoms with van der Waals surface area (Å²) in [6.07, 6.45) is 0. The highest BCUT2D eigenvalue weighted by atomic mass is 32.2. The third-order valence-corrected chi connectivity index (χ3v) is 6.00. The number of sulfone groups is 1. The first-order valence-corrected chi connectivity index (χ1v) is 8.48. The zero-order valence-electron chi connectivity index (χ0n) is 11.2. The summed E-state index contributed by atoms with van der Waals surface area (Å²) >= 11 is 0. The molecule has 2 aliphatic heterocycles. The topological polar surface area (TPSA) is 49.4 Å². The maximum absolute atomic E-state index is 12.2. The van der Waals surface area contributed by atoms with Gasteiger partial charge in [0.25, 0.3) is 0 Å². The number of aryl methyl sites for hydroxylation is 1. The highest BCUT2D eigenvalue weighted by Crippen LogP contribution is 2.37. The molecule has 1 fully saturated rings. The SMILES string of the molecule is Cc1cccc2c1C(CN1CCNCC1)CS2(=O)=O. The Morgan fingerprint density at radius 2 is 2.05 bits per heavy atom. The molecule has 0 radical (unpaired) electrons. The predicted octanol–water partition coefficient (Wildman–Crippen LogP) is 0.771. The van der Waals surface area contributed by atoms with E-state index >= 15 is 0 Å². The van der Waals surface area contributed by atoms with Crippen molar-refractivity contribution in [2.45, 2.75) is 17.7 Å². The monoisotopic (exact) mass is 280 g/mol. The van der Waals surface area contributed by atoms with Crippen molar-refractivity contribution in [2.24, 2.45) is 0 Å². The van der Waals surface area contributed by atoms with Gasteiger partial charge in [0, 0.05) is 38.6 Å². The number of nitrogens with one attached hydrogen (secondary N) is 1. The van der Waals surface area contributed by atoms with Crippen molar-refractivity contribution < 1.29 is 8.42 Å². The predicted molar refractivity (Wildman–Crippen MR) is 75.3 cm³/mol. The highest BCUT2D eigenvalue weighted by Gasteiger charge is 2.36. The number of benzene rings is 1. The van der Waals surface area contributed by atoms with Crippen LogP contribution in [-0.4, -0.2) is 51.8 Å². The van der Waals surface area contributed by atoms with Crippen LogP contribution in [0.25, 0.3) is 0 Å². The minimum absolute atomic E-state index is 0.138. The lowest BCUT2D eigenvalue weighted by Gasteiger charge is -2.29. The Morgan fingerprint density at radius 1 is 1.32 bits per heavy atom. The first kappa shape index (κ1) is 13.1. The average Bonchev–Trinajstić information content (AvgIpc) is 2.63. The summed E-state index contributed by atoms with van der Waals surface area (Å²) in [7, 11) is -3.07. The average molecular weight is 280 g/mol. The van der Waals surface area contributed by atoms with Crippen molar-refractivity contribution in [1.82, 2.24) is 10.2 Å². The van der Waals surface area contributed by atoms with Crippen LogP contribution in [0.5, 0.6) is 0 Å². The molecular formula is C14H20N2O2S. The van der Waals surface area contributed by atoms with Gasteiger partial charge in [-0.05, 0) is 24.1 Å². The van der Waals surface area contributed by atoms with Gasteiger partial charge in [-0.15, -0.1) is 0 Å². The molecule has 0 saturated carbocycles. The second kappa shape index (κ2) is 4.89. The maximum Gasteiger partial charge on any atom is 0.179 e. The standard InChI is InChI=1S/C14H20N2O2S/c1-11-3-2-4-13-14(11)12(10-19(13,17)18)9-16-7-5-15-6-8-16/h2-4,12,15H,5-10H2,1H3. The number of hydrogen-bond acceptors (Lipinski definition) is 4. The van der Waals surface area contributed by atoms with Gasteiger partial charge >= 0.3 is 0 Å². The molecule has 1 aromatic carbocycles. The number of hydrogen-bond donors (Lipinski definition) is 1. The Kier molecular flexibility index (Phi) is 3.37. The lowest BCUT2D eigenvalue weighted by atomic mass is 9.96. The summed E-state index contributed by atoms with van der Waals surface area (Å²) in [5.74, 6) is 0.413. The lowest BCUT2D eigenvalue weighted by molar-refractivity contribution is 0.231. The van der Waals surface area contributed by atoms with Gasteiger partial charge in [-0.3, -0.25) is 0 Å². The maximum atomic E-state index is 12.2. The first-order valence-electron chi connectivity index (χ1n) is 6.83. The van der Waals surface area contributed by atoms with Gasteiger partial charge in [0.1, 0.15) is 0 Å². The van der Waals surface area contributed by atoms with Crippen LogP contribution in [0.1, 0.15) is 17.0 Å². The number of piperazine rings is 1. The smallest absolute Gasteiger partial charge is 0.179 e. The molecule has 0 bridgehead atoms. The van der Waals surface area contributed by atoms with Crippen LogP contribution in [0.4, 0.5) is 0 Å². The second-order valence-electron chi connectivity index (χ2n) is 5.52. The van der Waals surface area contributed by atoms with E-state index in [1.165, 1.54) is 0 Å². The van der Waals surface area contributed by atoms with Gasteiger partial charge in [-0.2, -0.15) is 0 Å². The summed E-state index contributed by atoms with van der Waals surface area (Å²) in [4.78, 5) is 2.94. The molecule has 0 aromatic heterocycles. The molecule has 1 aromatic rings. The van der Waals surface area contributed by atoms with Crippen molar-refractivity contribution in [3.05, 3.63) is 29.3 Å². The molecule has 0 aliphatic carbocycles. The Bertz CT molecular complexity index is 577. The Balaban J connectivity index is 1.89. The molecule has 4 nitrogen and oxygen atoms in total. The largest absolute Gasteiger partial charge is 0.314 e. The van der Waals surface area contributed by atoms with Crippen molar-refractivity contribution in [3.63, 3.8) is 0 Å². The minimum atomic E-state index is -3.07. The molecule has 2 aliphatic rings. The molecule has 3 rings (SSSR count). The molecule has 19 heavy (non-hydrogen) atoms. The van der Waals surface area contributed by atoms with E-state index in [0.29, 0.717) is 4.90 Å². The van der Waals surface area contributed by atoms with Crippen LogP contribution >= 0.6 is 0 Å². The number of nitrogens with zero attached hydrogens (tertiary/aromatic N) is 1. The van der Waals surface area contributed by atoms with Crippen molar-refractivity contribution >= 4 is 9.84 Å². The normalized spacial score (nSPS) is 26.3. The molecule has 2 heterocycles. The summed E-state index contributed by atoms with van der Waals surface area (Å²) < 4.78 is 24.5. The molecule has 104 valence electrons. The summed E-state index contributed by atoms with van der Waals surface area (Å²) in [5, 5.41) is 3.33. The molecule has 1 N–H and O–H groups in total. The Labute approximate surface area is 114 Å². The van der Waals surface area contributed by atoms with Crippen LogP contribution < -0.4 is 5.32 Å². The molecule has 1 unspecified atom stereocenters. The summed E-state index contributed by atoms with van der Waals surface area (Å²) in [6, 6.07) is 5.62. The molecular weight excluding hydrogens is 260 g/mol. The van der Waals surface area contributed by atoms with E-state index in [1.54, 1.807) is 6.07 Å². The van der Waals surface area contributed by atoms with Gasteiger partial charge in [0.15, 0.2) is 9.84 Å². The van der Waals surface area contributed by atoms with Gasteiger partial charge in [0.05, 0.1) is 10.6 Å². The molecule has 1 atom stereocenters. The van der Waals surface area contributed by atoms with Crippen LogP contribution in [-0.2, 0) is 9.84 Å².